The summed E-state index contributed by atoms with van der Waals surface area (Å²) in [6, 6.07) is 1.05. The molecule has 0 aromatic carbocycles. The third kappa shape index (κ3) is 3.69. The van der Waals surface area contributed by atoms with Gasteiger partial charge in [-0.1, -0.05) is 26.7 Å². The fourth-order valence-electron chi connectivity index (χ4n) is 3.56. The molecular formula is C15H29NO. The van der Waals surface area contributed by atoms with Crippen LogP contribution in [-0.2, 0) is 0 Å². The summed E-state index contributed by atoms with van der Waals surface area (Å²) < 4.78 is 0. The van der Waals surface area contributed by atoms with Gasteiger partial charge in [0, 0.05) is 12.1 Å². The molecule has 2 aliphatic rings. The maximum Gasteiger partial charge on any atom is 0.0693 e. The van der Waals surface area contributed by atoms with Crippen LogP contribution in [0.15, 0.2) is 0 Å². The van der Waals surface area contributed by atoms with E-state index < -0.39 is 0 Å². The minimum atomic E-state index is -0.0911. The van der Waals surface area contributed by atoms with Crippen LogP contribution < -0.4 is 5.32 Å². The molecule has 2 fully saturated rings. The predicted octanol–water partition coefficient (Wildman–Crippen LogP) is 3.09. The molecule has 0 aromatic heterocycles. The summed E-state index contributed by atoms with van der Waals surface area (Å²) in [6.07, 6.45) is 9.94. The molecule has 0 radical (unpaired) electrons. The van der Waals surface area contributed by atoms with Gasteiger partial charge in [0.05, 0.1) is 6.10 Å². The molecule has 2 rings (SSSR count). The number of aliphatic hydroxyl groups is 1. The number of nitrogens with one attached hydrogen (secondary N) is 1. The zero-order valence-electron chi connectivity index (χ0n) is 11.5. The Morgan fingerprint density at radius 3 is 2.18 bits per heavy atom. The molecule has 0 bridgehead atoms. The van der Waals surface area contributed by atoms with Crippen LogP contribution in [-0.4, -0.2) is 23.3 Å². The molecule has 2 unspecified atom stereocenters. The van der Waals surface area contributed by atoms with Gasteiger partial charge in [0.15, 0.2) is 0 Å². The highest BCUT2D eigenvalue weighted by Gasteiger charge is 2.28. The van der Waals surface area contributed by atoms with E-state index in [2.05, 4.69) is 19.2 Å². The van der Waals surface area contributed by atoms with Gasteiger partial charge in [-0.3, -0.25) is 0 Å². The fourth-order valence-corrected chi connectivity index (χ4v) is 3.56. The summed E-state index contributed by atoms with van der Waals surface area (Å²) in [5, 5.41) is 13.7. The van der Waals surface area contributed by atoms with E-state index in [1.54, 1.807) is 0 Å². The van der Waals surface area contributed by atoms with Crippen LogP contribution >= 0.6 is 0 Å². The van der Waals surface area contributed by atoms with Crippen molar-refractivity contribution in [1.29, 1.82) is 0 Å². The average Bonchev–Trinajstić information content (AvgIpc) is 2.33. The summed E-state index contributed by atoms with van der Waals surface area (Å²) in [4.78, 5) is 0. The average molecular weight is 239 g/mol. The number of aliphatic hydroxyl groups excluding tert-OH is 1. The van der Waals surface area contributed by atoms with Crippen LogP contribution in [0.25, 0.3) is 0 Å². The second kappa shape index (κ2) is 6.19. The van der Waals surface area contributed by atoms with Gasteiger partial charge in [0.2, 0.25) is 0 Å². The highest BCUT2D eigenvalue weighted by Crippen LogP contribution is 2.30. The predicted molar refractivity (Wildman–Crippen MR) is 72.0 cm³/mol. The first-order valence-corrected chi connectivity index (χ1v) is 7.61. The second-order valence-corrected chi connectivity index (χ2v) is 6.48. The van der Waals surface area contributed by atoms with Crippen molar-refractivity contribution in [2.45, 2.75) is 83.4 Å². The van der Waals surface area contributed by atoms with Crippen LogP contribution in [0.3, 0.4) is 0 Å². The SMILES string of the molecule is CC(C)C1CCC(NC2CCCCC2O)CC1. The zero-order valence-corrected chi connectivity index (χ0v) is 11.5. The Balaban J connectivity index is 1.73. The van der Waals surface area contributed by atoms with E-state index >= 15 is 0 Å². The Morgan fingerprint density at radius 1 is 0.941 bits per heavy atom. The van der Waals surface area contributed by atoms with Crippen molar-refractivity contribution in [3.63, 3.8) is 0 Å². The van der Waals surface area contributed by atoms with Crippen LogP contribution in [0.1, 0.15) is 65.2 Å². The first kappa shape index (κ1) is 13.4. The molecule has 0 saturated heterocycles. The van der Waals surface area contributed by atoms with Gasteiger partial charge < -0.3 is 10.4 Å². The minimum absolute atomic E-state index is 0.0911. The molecule has 2 nitrogen and oxygen atoms in total. The van der Waals surface area contributed by atoms with Gasteiger partial charge in [-0.25, -0.2) is 0 Å². The Bertz CT molecular complexity index is 221. The summed E-state index contributed by atoms with van der Waals surface area (Å²) in [5.74, 6) is 1.78. The lowest BCUT2D eigenvalue weighted by Crippen LogP contribution is -2.48. The topological polar surface area (TPSA) is 32.3 Å². The molecular weight excluding hydrogens is 210 g/mol. The Morgan fingerprint density at radius 2 is 1.59 bits per heavy atom. The van der Waals surface area contributed by atoms with Crippen molar-refractivity contribution >= 4 is 0 Å². The van der Waals surface area contributed by atoms with E-state index in [-0.39, 0.29) is 6.10 Å². The molecule has 2 aliphatic carbocycles. The van der Waals surface area contributed by atoms with Crippen molar-refractivity contribution in [3.05, 3.63) is 0 Å². The molecule has 2 atom stereocenters. The molecule has 17 heavy (non-hydrogen) atoms. The third-order valence-corrected chi connectivity index (χ3v) is 4.89. The van der Waals surface area contributed by atoms with E-state index in [9.17, 15) is 5.11 Å². The van der Waals surface area contributed by atoms with Crippen LogP contribution in [0.4, 0.5) is 0 Å². The monoisotopic (exact) mass is 239 g/mol. The first-order valence-electron chi connectivity index (χ1n) is 7.61. The molecule has 2 heteroatoms. The molecule has 100 valence electrons. The quantitative estimate of drug-likeness (QED) is 0.793. The van der Waals surface area contributed by atoms with Crippen LogP contribution in [0, 0.1) is 11.8 Å². The maximum atomic E-state index is 9.98. The van der Waals surface area contributed by atoms with E-state index in [1.807, 2.05) is 0 Å². The van der Waals surface area contributed by atoms with Gasteiger partial charge >= 0.3 is 0 Å². The second-order valence-electron chi connectivity index (χ2n) is 6.48. The minimum Gasteiger partial charge on any atom is -0.392 e. The normalized spacial score (nSPS) is 39.5. The van der Waals surface area contributed by atoms with Crippen molar-refractivity contribution in [2.24, 2.45) is 11.8 Å². The Labute approximate surface area is 106 Å². The Kier molecular flexibility index (Phi) is 4.87. The highest BCUT2D eigenvalue weighted by molar-refractivity contribution is 4.86. The lowest BCUT2D eigenvalue weighted by molar-refractivity contribution is 0.0784. The standard InChI is InChI=1S/C15H29NO/c1-11(2)12-7-9-13(10-8-12)16-14-5-3-4-6-15(14)17/h11-17H,3-10H2,1-2H3. The van der Waals surface area contributed by atoms with Crippen LogP contribution in [0.5, 0.6) is 0 Å². The number of hydrogen-bond acceptors (Lipinski definition) is 2. The molecule has 2 saturated carbocycles. The molecule has 2 N–H and O–H groups in total. The van der Waals surface area contributed by atoms with Crippen LogP contribution in [0.2, 0.25) is 0 Å². The summed E-state index contributed by atoms with van der Waals surface area (Å²) in [5.41, 5.74) is 0. The molecule has 0 amide bonds. The Hall–Kier alpha value is -0.0800. The van der Waals surface area contributed by atoms with Crippen molar-refractivity contribution < 1.29 is 5.11 Å². The maximum absolute atomic E-state index is 9.98. The first-order chi connectivity index (χ1) is 8.16. The fraction of sp³-hybridized carbons (Fsp3) is 1.00. The molecule has 0 aromatic rings. The number of hydrogen-bond donors (Lipinski definition) is 2. The van der Waals surface area contributed by atoms with Crippen molar-refractivity contribution in [1.82, 2.24) is 5.32 Å². The van der Waals surface area contributed by atoms with Gasteiger partial charge in [0.1, 0.15) is 0 Å². The summed E-state index contributed by atoms with van der Waals surface area (Å²) >= 11 is 0. The van der Waals surface area contributed by atoms with E-state index in [0.29, 0.717) is 12.1 Å². The molecule has 0 spiro atoms. The zero-order chi connectivity index (χ0) is 12.3. The van der Waals surface area contributed by atoms with E-state index in [0.717, 1.165) is 18.3 Å². The summed E-state index contributed by atoms with van der Waals surface area (Å²) in [7, 11) is 0. The van der Waals surface area contributed by atoms with Gasteiger partial charge in [-0.2, -0.15) is 0 Å². The third-order valence-electron chi connectivity index (χ3n) is 4.89. The van der Waals surface area contributed by atoms with Crippen molar-refractivity contribution in [3.8, 4) is 0 Å². The van der Waals surface area contributed by atoms with E-state index in [4.69, 9.17) is 0 Å². The van der Waals surface area contributed by atoms with Gasteiger partial charge in [-0.05, 0) is 50.4 Å². The van der Waals surface area contributed by atoms with Gasteiger partial charge in [0.25, 0.3) is 0 Å². The molecule has 0 heterocycles. The lowest BCUT2D eigenvalue weighted by Gasteiger charge is -2.36. The molecule has 0 aliphatic heterocycles. The lowest BCUT2D eigenvalue weighted by atomic mass is 9.79. The van der Waals surface area contributed by atoms with Crippen molar-refractivity contribution in [2.75, 3.05) is 0 Å². The smallest absolute Gasteiger partial charge is 0.0693 e. The highest BCUT2D eigenvalue weighted by atomic mass is 16.3. The largest absolute Gasteiger partial charge is 0.392 e. The van der Waals surface area contributed by atoms with E-state index in [1.165, 1.54) is 44.9 Å². The van der Waals surface area contributed by atoms with Gasteiger partial charge in [-0.15, -0.1) is 0 Å². The number of rotatable bonds is 3. The summed E-state index contributed by atoms with van der Waals surface area (Å²) in [6.45, 7) is 4.70.